The molecule has 0 unspecified atom stereocenters. The fourth-order valence-corrected chi connectivity index (χ4v) is 6.45. The molecule has 4 nitrogen and oxygen atoms in total. The first kappa shape index (κ1) is 20.7. The zero-order valence-corrected chi connectivity index (χ0v) is 18.7. The number of aromatic nitrogens is 2. The second-order valence-electron chi connectivity index (χ2n) is 7.84. The van der Waals surface area contributed by atoms with Crippen molar-refractivity contribution in [3.05, 3.63) is 46.2 Å². The highest BCUT2D eigenvalue weighted by atomic mass is 32.1. The standard InChI is InChI=1S/C22H21F3N4S2/c1-3-29-6-4-5-12(11(29)2)16-7-13-19(15(24)9-26-22(13)31-16)28-20-14(23)8-17-21(18(20)25)27-10-30-17/h7-12H,3-6H2,1-2H3,(H,26,28)/t11-,12+/m1/s1. The number of thiophene rings is 1. The summed E-state index contributed by atoms with van der Waals surface area (Å²) in [6.45, 7) is 6.44. The lowest BCUT2D eigenvalue weighted by molar-refractivity contribution is 0.148. The second kappa shape index (κ2) is 8.03. The lowest BCUT2D eigenvalue weighted by atomic mass is 9.89. The van der Waals surface area contributed by atoms with Gasteiger partial charge in [0, 0.05) is 22.2 Å². The van der Waals surface area contributed by atoms with Gasteiger partial charge in [-0.15, -0.1) is 22.7 Å². The van der Waals surface area contributed by atoms with Crippen molar-refractivity contribution in [3.63, 3.8) is 0 Å². The number of likely N-dealkylation sites (N-methyl/N-ethyl adjacent to an activating group) is 1. The Balaban J connectivity index is 1.58. The third-order valence-corrected chi connectivity index (χ3v) is 8.15. The molecule has 3 aromatic heterocycles. The maximum Gasteiger partial charge on any atom is 0.176 e. The molecule has 1 aliphatic rings. The summed E-state index contributed by atoms with van der Waals surface area (Å²) in [6, 6.07) is 3.52. The van der Waals surface area contributed by atoms with Crippen LogP contribution in [0.25, 0.3) is 20.4 Å². The molecule has 31 heavy (non-hydrogen) atoms. The number of piperidine rings is 1. The summed E-state index contributed by atoms with van der Waals surface area (Å²) in [5, 5.41) is 3.22. The summed E-state index contributed by atoms with van der Waals surface area (Å²) < 4.78 is 44.7. The van der Waals surface area contributed by atoms with Crippen LogP contribution in [0.15, 0.2) is 23.8 Å². The lowest BCUT2D eigenvalue weighted by Crippen LogP contribution is -2.41. The molecule has 0 amide bonds. The summed E-state index contributed by atoms with van der Waals surface area (Å²) in [4.78, 5) is 12.4. The largest absolute Gasteiger partial charge is 0.348 e. The van der Waals surface area contributed by atoms with Gasteiger partial charge in [-0.3, -0.25) is 0 Å². The monoisotopic (exact) mass is 462 g/mol. The van der Waals surface area contributed by atoms with E-state index >= 15 is 0 Å². The fourth-order valence-electron chi connectivity index (χ4n) is 4.51. The average Bonchev–Trinajstić information content (AvgIpc) is 3.39. The third-order valence-electron chi connectivity index (χ3n) is 6.19. The Bertz CT molecular complexity index is 1270. The Kier molecular flexibility index (Phi) is 5.35. The molecular formula is C22H21F3N4S2. The van der Waals surface area contributed by atoms with Gasteiger partial charge >= 0.3 is 0 Å². The summed E-state index contributed by atoms with van der Waals surface area (Å²) in [5.41, 5.74) is 1.16. The molecule has 4 heterocycles. The van der Waals surface area contributed by atoms with Gasteiger partial charge in [-0.25, -0.2) is 23.1 Å². The number of rotatable bonds is 4. The van der Waals surface area contributed by atoms with Crippen molar-refractivity contribution in [2.75, 3.05) is 18.4 Å². The van der Waals surface area contributed by atoms with Gasteiger partial charge in [-0.2, -0.15) is 0 Å². The van der Waals surface area contributed by atoms with Crippen molar-refractivity contribution in [1.29, 1.82) is 0 Å². The summed E-state index contributed by atoms with van der Waals surface area (Å²) in [6.07, 6.45) is 3.26. The first-order valence-electron chi connectivity index (χ1n) is 10.3. The molecular weight excluding hydrogens is 441 g/mol. The molecule has 4 aromatic rings. The van der Waals surface area contributed by atoms with Crippen LogP contribution in [0.3, 0.4) is 0 Å². The molecule has 5 rings (SSSR count). The number of nitrogens with one attached hydrogen (secondary N) is 1. The van der Waals surface area contributed by atoms with Crippen LogP contribution < -0.4 is 5.32 Å². The molecule has 9 heteroatoms. The van der Waals surface area contributed by atoms with Gasteiger partial charge in [0.2, 0.25) is 0 Å². The van der Waals surface area contributed by atoms with Crippen molar-refractivity contribution < 1.29 is 13.2 Å². The van der Waals surface area contributed by atoms with Gasteiger partial charge in [0.1, 0.15) is 16.0 Å². The molecule has 0 spiro atoms. The SMILES string of the molecule is CCN1CCC[C@H](c2cc3c(Nc4c(F)cc5scnc5c4F)c(F)cnc3s2)[C@H]1C. The summed E-state index contributed by atoms with van der Waals surface area (Å²) >= 11 is 2.68. The second-order valence-corrected chi connectivity index (χ2v) is 9.79. The van der Waals surface area contributed by atoms with Crippen molar-refractivity contribution in [3.8, 4) is 0 Å². The topological polar surface area (TPSA) is 41.0 Å². The molecule has 0 radical (unpaired) electrons. The smallest absolute Gasteiger partial charge is 0.176 e. The molecule has 162 valence electrons. The number of fused-ring (bicyclic) bond motifs is 2. The third kappa shape index (κ3) is 3.48. The first-order valence-corrected chi connectivity index (χ1v) is 12.0. The van der Waals surface area contributed by atoms with Crippen molar-refractivity contribution >= 4 is 54.5 Å². The molecule has 1 fully saturated rings. The quantitative estimate of drug-likeness (QED) is 0.368. The van der Waals surface area contributed by atoms with Crippen molar-refractivity contribution in [2.24, 2.45) is 0 Å². The molecule has 1 aliphatic heterocycles. The van der Waals surface area contributed by atoms with E-state index in [2.05, 4.69) is 34.0 Å². The Hall–Kier alpha value is -2.23. The van der Waals surface area contributed by atoms with Crippen LogP contribution in [0.5, 0.6) is 0 Å². The number of benzene rings is 1. The zero-order chi connectivity index (χ0) is 21.7. The van der Waals surface area contributed by atoms with Crippen molar-refractivity contribution in [1.82, 2.24) is 14.9 Å². The van der Waals surface area contributed by atoms with E-state index in [0.29, 0.717) is 26.9 Å². The van der Waals surface area contributed by atoms with Gasteiger partial charge in [-0.1, -0.05) is 6.92 Å². The van der Waals surface area contributed by atoms with Crippen LogP contribution in [-0.4, -0.2) is 34.0 Å². The van der Waals surface area contributed by atoms with Crippen LogP contribution in [0.2, 0.25) is 0 Å². The Morgan fingerprint density at radius 2 is 2.00 bits per heavy atom. The highest BCUT2D eigenvalue weighted by Crippen LogP contribution is 2.42. The van der Waals surface area contributed by atoms with E-state index in [9.17, 15) is 13.2 Å². The van der Waals surface area contributed by atoms with Crippen LogP contribution >= 0.6 is 22.7 Å². The Morgan fingerprint density at radius 3 is 2.81 bits per heavy atom. The molecule has 0 saturated carbocycles. The lowest BCUT2D eigenvalue weighted by Gasteiger charge is -2.38. The van der Waals surface area contributed by atoms with E-state index in [1.165, 1.54) is 22.9 Å². The van der Waals surface area contributed by atoms with Gasteiger partial charge in [0.25, 0.3) is 0 Å². The predicted octanol–water partition coefficient (Wildman–Crippen LogP) is 6.65. The highest BCUT2D eigenvalue weighted by molar-refractivity contribution is 7.18. The maximum atomic E-state index is 14.9. The fraction of sp³-hybridized carbons (Fsp3) is 0.364. The molecule has 2 atom stereocenters. The molecule has 0 aliphatic carbocycles. The number of thiazole rings is 1. The van der Waals surface area contributed by atoms with Gasteiger partial charge in [-0.05, 0) is 45.0 Å². The minimum absolute atomic E-state index is 0.0377. The van der Waals surface area contributed by atoms with Gasteiger partial charge in [0.05, 0.1) is 22.1 Å². The minimum Gasteiger partial charge on any atom is -0.348 e. The minimum atomic E-state index is -0.824. The van der Waals surface area contributed by atoms with Crippen molar-refractivity contribution in [2.45, 2.75) is 38.6 Å². The number of likely N-dealkylation sites (tertiary alicyclic amines) is 1. The Labute approximate surface area is 185 Å². The number of halogens is 3. The van der Waals surface area contributed by atoms with Crippen LogP contribution in [-0.2, 0) is 0 Å². The van der Waals surface area contributed by atoms with Gasteiger partial charge < -0.3 is 10.2 Å². The van der Waals surface area contributed by atoms with E-state index in [4.69, 9.17) is 0 Å². The average molecular weight is 463 g/mol. The Morgan fingerprint density at radius 1 is 1.16 bits per heavy atom. The molecule has 1 saturated heterocycles. The molecule has 1 aromatic carbocycles. The summed E-state index contributed by atoms with van der Waals surface area (Å²) in [5.74, 6) is -1.94. The van der Waals surface area contributed by atoms with Crippen LogP contribution in [0.4, 0.5) is 24.5 Å². The zero-order valence-electron chi connectivity index (χ0n) is 17.1. The number of hydrogen-bond acceptors (Lipinski definition) is 6. The number of nitrogens with zero attached hydrogens (tertiary/aromatic N) is 3. The van der Waals surface area contributed by atoms with E-state index in [0.717, 1.165) is 48.3 Å². The number of pyridine rings is 1. The number of anilines is 2. The van der Waals surface area contributed by atoms with Crippen LogP contribution in [0.1, 0.15) is 37.5 Å². The van der Waals surface area contributed by atoms with E-state index in [-0.39, 0.29) is 11.2 Å². The normalized spacial score (nSPS) is 20.0. The summed E-state index contributed by atoms with van der Waals surface area (Å²) in [7, 11) is 0. The number of hydrogen-bond donors (Lipinski definition) is 1. The highest BCUT2D eigenvalue weighted by Gasteiger charge is 2.30. The van der Waals surface area contributed by atoms with Crippen LogP contribution in [0, 0.1) is 17.5 Å². The van der Waals surface area contributed by atoms with E-state index in [1.54, 1.807) is 0 Å². The molecule has 0 bridgehead atoms. The van der Waals surface area contributed by atoms with E-state index < -0.39 is 23.1 Å². The van der Waals surface area contributed by atoms with E-state index in [1.807, 2.05) is 6.07 Å². The maximum absolute atomic E-state index is 14.9. The first-order chi connectivity index (χ1) is 15.0. The molecule has 1 N–H and O–H groups in total. The van der Waals surface area contributed by atoms with Gasteiger partial charge in [0.15, 0.2) is 17.5 Å². The predicted molar refractivity (Wildman–Crippen MR) is 121 cm³/mol.